The van der Waals surface area contributed by atoms with E-state index in [1.807, 2.05) is 84.9 Å². The number of benzene rings is 8. The van der Waals surface area contributed by atoms with E-state index in [-0.39, 0.29) is 0 Å². The molecular weight excluding hydrogens is 1250 g/mol. The zero-order valence-electron chi connectivity index (χ0n) is 55.0. The van der Waals surface area contributed by atoms with Crippen molar-refractivity contribution in [3.05, 3.63) is 511 Å². The zero-order chi connectivity index (χ0) is 68.0. The van der Waals surface area contributed by atoms with Crippen LogP contribution in [0, 0.1) is 47.3 Å². The molecule has 0 saturated heterocycles. The molecule has 2 amide bonds. The summed E-state index contributed by atoms with van der Waals surface area (Å²) in [6, 6.07) is 112. The standard InChI is InChI=1S/C90H62N10O2/c101-89(99-63-37-21-19-35-61(63)87-77-51-47-73(95-77)83(57-27-11-3-12-28-57)69-43-39-65(91-69)81(55-23-7-1-8-24-55)66-40-44-70(92-66)84(58-29-13-4-14-30-58)74-48-52-78(87)96-74)90(102)100-64-38-22-20-36-62(64)88-79-53-49-75(97-79)85(59-31-15-5-16-32-59)71-45-41-67(93-71)82(56-25-9-2-10-26-56)68-42-46-72(94-68)86(60-33-17-6-18-34-60)76-50-54-80(88)98-76/h1-54,91-98H/q+6/p+2. The Hall–Kier alpha value is -14.1. The summed E-state index contributed by atoms with van der Waals surface area (Å²) >= 11 is 0. The van der Waals surface area contributed by atoms with Gasteiger partial charge in [-0.25, -0.2) is 0 Å². The largest absolute Gasteiger partial charge is 0.327 e. The lowest BCUT2D eigenvalue weighted by atomic mass is 9.91. The van der Waals surface area contributed by atoms with E-state index in [2.05, 4.69) is 293 Å². The van der Waals surface area contributed by atoms with Crippen LogP contribution in [0.3, 0.4) is 0 Å². The molecule has 0 aliphatic carbocycles. The highest BCUT2D eigenvalue weighted by atomic mass is 16.2. The number of nitrogens with one attached hydrogen (secondary N) is 10. The maximum absolute atomic E-state index is 15.1. The number of fused-ring (bicyclic) bond motifs is 16. The van der Waals surface area contributed by atoms with Crippen molar-refractivity contribution in [2.24, 2.45) is 0 Å². The lowest BCUT2D eigenvalue weighted by Gasteiger charge is -2.16. The number of H-pyrrole nitrogens is 8. The normalized spacial score (nSPS) is 12.8. The van der Waals surface area contributed by atoms with Crippen LogP contribution in [0.2, 0.25) is 0 Å². The van der Waals surface area contributed by atoms with Crippen LogP contribution in [0.4, 0.5) is 11.4 Å². The van der Waals surface area contributed by atoms with Gasteiger partial charge in [0.25, 0.3) is 0 Å². The van der Waals surface area contributed by atoms with Gasteiger partial charge in [-0.05, 0) is 146 Å². The first-order valence-electron chi connectivity index (χ1n) is 34.1. The van der Waals surface area contributed by atoms with Crippen LogP contribution in [-0.2, 0) is 9.59 Å². The van der Waals surface area contributed by atoms with Crippen LogP contribution in [0.1, 0.15) is 136 Å². The Morgan fingerprint density at radius 1 is 0.176 bits per heavy atom. The SMILES string of the molecule is O=C(Nc1ccccc1[C+]1c2ccc([nH]2)[C+](c2ccccc2)c2ccc([nH]2)[C+](c2ccccc2)c2ccc([nH]2)[C+](c2ccccc2)c2ccc1[nH]2)C(=O)Nc1ccccc1[C+]1c2ccc([nH]2)[C+](c2ccccc2)c2ccc([nH]2)[C+](c2ccccc2)c2ccc([nH]2)[C+](c2ccccc2)c2ccc1[nH]2. The highest BCUT2D eigenvalue weighted by Crippen LogP contribution is 2.45. The highest BCUT2D eigenvalue weighted by molar-refractivity contribution is 6.44. The van der Waals surface area contributed by atoms with Gasteiger partial charge in [0.1, 0.15) is 161 Å². The predicted octanol–water partition coefficient (Wildman–Crippen LogP) is 17.7. The van der Waals surface area contributed by atoms with Crippen molar-refractivity contribution in [3.63, 3.8) is 0 Å². The molecule has 0 saturated carbocycles. The molecule has 2 aliphatic rings. The molecule has 0 spiro atoms. The summed E-state index contributed by atoms with van der Waals surface area (Å²) in [5.41, 5.74) is 22.3. The number of aromatic nitrogens is 8. The third-order valence-electron chi connectivity index (χ3n) is 19.3. The minimum atomic E-state index is -0.860. The average molecular weight is 1320 g/mol. The average Bonchev–Trinajstić information content (AvgIpc) is 1.63. The van der Waals surface area contributed by atoms with Crippen molar-refractivity contribution in [2.45, 2.75) is 0 Å². The van der Waals surface area contributed by atoms with Gasteiger partial charge in [0.05, 0.1) is 130 Å². The van der Waals surface area contributed by atoms with E-state index in [1.165, 1.54) is 0 Å². The van der Waals surface area contributed by atoms with Gasteiger partial charge in [-0.15, -0.1) is 0 Å². The second-order valence-electron chi connectivity index (χ2n) is 25.5. The number of rotatable bonds is 10. The zero-order valence-corrected chi connectivity index (χ0v) is 55.0. The molecule has 0 radical (unpaired) electrons. The summed E-state index contributed by atoms with van der Waals surface area (Å²) in [7, 11) is 0. The Kier molecular flexibility index (Phi) is 15.2. The molecule has 18 rings (SSSR count). The number of carbonyl (C=O) groups excluding carboxylic acids is 2. The molecule has 16 bridgehead atoms. The molecule has 0 atom stereocenters. The fraction of sp³-hybridized carbons (Fsp3) is 0. The second kappa shape index (κ2) is 25.7. The van der Waals surface area contributed by atoms with Gasteiger partial charge in [-0.3, -0.25) is 20.2 Å². The predicted molar refractivity (Wildman–Crippen MR) is 400 cm³/mol. The van der Waals surface area contributed by atoms with Crippen molar-refractivity contribution in [2.75, 3.05) is 10.6 Å². The molecule has 10 heterocycles. The van der Waals surface area contributed by atoms with Gasteiger partial charge in [0.15, 0.2) is 0 Å². The van der Waals surface area contributed by atoms with Gasteiger partial charge in [0.2, 0.25) is 0 Å². The van der Waals surface area contributed by atoms with E-state index in [0.29, 0.717) is 22.5 Å². The number of amides is 2. The molecule has 12 nitrogen and oxygen atoms in total. The topological polar surface area (TPSA) is 185 Å². The molecule has 8 aromatic carbocycles. The second-order valence-corrected chi connectivity index (χ2v) is 25.5. The fourth-order valence-electron chi connectivity index (χ4n) is 14.7. The van der Waals surface area contributed by atoms with E-state index >= 15 is 9.59 Å². The molecule has 2 aliphatic heterocycles. The van der Waals surface area contributed by atoms with Crippen LogP contribution in [-0.4, -0.2) is 51.7 Å². The summed E-state index contributed by atoms with van der Waals surface area (Å²) in [6.45, 7) is 0. The molecule has 0 unspecified atom stereocenters. The van der Waals surface area contributed by atoms with Crippen LogP contribution >= 0.6 is 0 Å². The van der Waals surface area contributed by atoms with E-state index in [1.54, 1.807) is 0 Å². The Bertz CT molecular complexity index is 5000. The van der Waals surface area contributed by atoms with Gasteiger partial charge >= 0.3 is 11.8 Å². The Morgan fingerprint density at radius 2 is 0.324 bits per heavy atom. The molecule has 12 heteroatoms. The van der Waals surface area contributed by atoms with Crippen molar-refractivity contribution >= 4 is 23.2 Å². The number of hydrogen-bond acceptors (Lipinski definition) is 2. The van der Waals surface area contributed by atoms with E-state index < -0.39 is 11.8 Å². The summed E-state index contributed by atoms with van der Waals surface area (Å²) in [4.78, 5) is 61.1. The summed E-state index contributed by atoms with van der Waals surface area (Å²) < 4.78 is 0. The van der Waals surface area contributed by atoms with Gasteiger partial charge in [-0.2, -0.15) is 0 Å². The number of para-hydroxylation sites is 2. The lowest BCUT2D eigenvalue weighted by molar-refractivity contribution is -0.133. The minimum Gasteiger partial charge on any atom is -0.327 e. The maximum Gasteiger partial charge on any atom is 0.321 e. The first-order valence-corrected chi connectivity index (χ1v) is 34.1. The fourth-order valence-corrected chi connectivity index (χ4v) is 14.7. The summed E-state index contributed by atoms with van der Waals surface area (Å²) in [5, 5.41) is 6.21. The van der Waals surface area contributed by atoms with E-state index in [4.69, 9.17) is 0 Å². The molecule has 102 heavy (non-hydrogen) atoms. The Labute approximate surface area is 590 Å². The highest BCUT2D eigenvalue weighted by Gasteiger charge is 2.42. The van der Waals surface area contributed by atoms with Gasteiger partial charge in [0, 0.05) is 84.9 Å². The van der Waals surface area contributed by atoms with Crippen LogP contribution in [0.25, 0.3) is 0 Å². The first kappa shape index (κ1) is 60.3. The molecule has 478 valence electrons. The molecule has 10 N–H and O–H groups in total. The van der Waals surface area contributed by atoms with E-state index in [0.717, 1.165) is 172 Å². The summed E-state index contributed by atoms with van der Waals surface area (Å²) in [6.07, 6.45) is 0. The van der Waals surface area contributed by atoms with Gasteiger partial charge < -0.3 is 39.9 Å². The molecule has 0 fully saturated rings. The van der Waals surface area contributed by atoms with Crippen molar-refractivity contribution in [1.29, 1.82) is 0 Å². The smallest absolute Gasteiger partial charge is 0.321 e. The van der Waals surface area contributed by atoms with Crippen molar-refractivity contribution in [1.82, 2.24) is 39.9 Å². The van der Waals surface area contributed by atoms with E-state index in [9.17, 15) is 0 Å². The Balaban J connectivity index is 0.717. The molecule has 16 aromatic rings. The van der Waals surface area contributed by atoms with Crippen LogP contribution in [0.5, 0.6) is 0 Å². The van der Waals surface area contributed by atoms with Gasteiger partial charge in [-0.1, -0.05) is 0 Å². The summed E-state index contributed by atoms with van der Waals surface area (Å²) in [5.74, 6) is 5.71. The number of hydrogen-bond donors (Lipinski definition) is 10. The van der Waals surface area contributed by atoms with Crippen LogP contribution in [0.15, 0.2) is 328 Å². The van der Waals surface area contributed by atoms with Crippen LogP contribution < -0.4 is 10.6 Å². The molecule has 8 aromatic heterocycles. The number of aromatic amines is 8. The van der Waals surface area contributed by atoms with Crippen molar-refractivity contribution < 1.29 is 9.59 Å². The third-order valence-corrected chi connectivity index (χ3v) is 19.3. The third kappa shape index (κ3) is 11.1. The maximum atomic E-state index is 15.1. The lowest BCUT2D eigenvalue weighted by Crippen LogP contribution is -2.30. The molecular formula is C90H64N10O2+8. The van der Waals surface area contributed by atoms with Crippen molar-refractivity contribution in [3.8, 4) is 0 Å². The first-order chi connectivity index (χ1) is 50.4. The minimum absolute atomic E-state index is 0.424. The number of anilines is 2. The quantitative estimate of drug-likeness (QED) is 0.0483. The Morgan fingerprint density at radius 3 is 0.500 bits per heavy atom. The number of carbonyl (C=O) groups is 2. The monoisotopic (exact) mass is 1320 g/mol.